The monoisotopic (exact) mass is 290 g/mol. The molecule has 3 nitrogen and oxygen atoms in total. The van der Waals surface area contributed by atoms with Crippen LogP contribution in [0.5, 0.6) is 5.75 Å². The van der Waals surface area contributed by atoms with Crippen molar-refractivity contribution >= 4 is 27.7 Å². The van der Waals surface area contributed by atoms with Crippen LogP contribution in [0.3, 0.4) is 0 Å². The van der Waals surface area contributed by atoms with Crippen molar-refractivity contribution in [3.05, 3.63) is 10.8 Å². The molecule has 1 aliphatic rings. The lowest BCUT2D eigenvalue weighted by Crippen LogP contribution is -2.17. The Morgan fingerprint density at radius 2 is 2.53 bits per heavy atom. The fraction of sp³-hybridized carbons (Fsp3) is 0.700. The number of halogens is 1. The molecule has 15 heavy (non-hydrogen) atoms. The van der Waals surface area contributed by atoms with Gasteiger partial charge in [-0.15, -0.1) is 0 Å². The van der Waals surface area contributed by atoms with Crippen LogP contribution < -0.4 is 4.74 Å². The van der Waals surface area contributed by atoms with Gasteiger partial charge in [0, 0.05) is 5.25 Å². The topological polar surface area (TPSA) is 27.1 Å². The van der Waals surface area contributed by atoms with Gasteiger partial charge in [0.2, 0.25) is 0 Å². The Morgan fingerprint density at radius 1 is 1.67 bits per heavy atom. The molecule has 1 atom stereocenters. The van der Waals surface area contributed by atoms with Gasteiger partial charge in [-0.25, -0.2) is 0 Å². The number of nitrogens with zero attached hydrogens (tertiary/aromatic N) is 2. The van der Waals surface area contributed by atoms with Gasteiger partial charge >= 0.3 is 0 Å². The van der Waals surface area contributed by atoms with Gasteiger partial charge in [0.1, 0.15) is 4.60 Å². The first-order valence-electron chi connectivity index (χ1n) is 5.18. The molecule has 1 aromatic heterocycles. The van der Waals surface area contributed by atoms with Crippen LogP contribution in [-0.4, -0.2) is 27.9 Å². The van der Waals surface area contributed by atoms with Crippen LogP contribution >= 0.6 is 27.7 Å². The molecule has 0 aliphatic carbocycles. The van der Waals surface area contributed by atoms with Crippen LogP contribution in [0.4, 0.5) is 0 Å². The largest absolute Gasteiger partial charge is 0.492 e. The Bertz CT molecular complexity index is 323. The van der Waals surface area contributed by atoms with Crippen LogP contribution in [0, 0.1) is 0 Å². The van der Waals surface area contributed by atoms with Crippen molar-refractivity contribution in [3.8, 4) is 5.75 Å². The summed E-state index contributed by atoms with van der Waals surface area (Å²) in [6, 6.07) is 0. The highest BCUT2D eigenvalue weighted by atomic mass is 79.9. The fourth-order valence-corrected chi connectivity index (χ4v) is 3.55. The second-order valence-electron chi connectivity index (χ2n) is 3.67. The van der Waals surface area contributed by atoms with E-state index in [0.717, 1.165) is 16.9 Å². The van der Waals surface area contributed by atoms with Gasteiger partial charge in [0.25, 0.3) is 0 Å². The Labute approximate surface area is 103 Å². The smallest absolute Gasteiger partial charge is 0.171 e. The van der Waals surface area contributed by atoms with E-state index in [2.05, 4.69) is 32.8 Å². The molecule has 0 saturated carbocycles. The lowest BCUT2D eigenvalue weighted by molar-refractivity contribution is 0.410. The average molecular weight is 291 g/mol. The van der Waals surface area contributed by atoms with Crippen LogP contribution in [0.25, 0.3) is 0 Å². The Kier molecular flexibility index (Phi) is 3.97. The third-order valence-electron chi connectivity index (χ3n) is 2.61. The van der Waals surface area contributed by atoms with Gasteiger partial charge in [-0.3, -0.25) is 4.68 Å². The minimum atomic E-state index is 0.708. The SMILES string of the molecule is COc1cnn(CC2CCCCS2)c1Br. The first kappa shape index (κ1) is 11.3. The highest BCUT2D eigenvalue weighted by Crippen LogP contribution is 2.29. The number of ether oxygens (including phenoxy) is 1. The average Bonchev–Trinajstić information content (AvgIpc) is 2.62. The number of aromatic nitrogens is 2. The van der Waals surface area contributed by atoms with E-state index in [9.17, 15) is 0 Å². The minimum absolute atomic E-state index is 0.708. The highest BCUT2D eigenvalue weighted by Gasteiger charge is 2.17. The molecule has 0 spiro atoms. The van der Waals surface area contributed by atoms with E-state index in [1.165, 1.54) is 25.0 Å². The number of hydrogen-bond donors (Lipinski definition) is 0. The molecule has 0 N–H and O–H groups in total. The van der Waals surface area contributed by atoms with Crippen molar-refractivity contribution in [1.82, 2.24) is 9.78 Å². The Morgan fingerprint density at radius 3 is 3.13 bits per heavy atom. The third-order valence-corrected chi connectivity index (χ3v) is 4.80. The zero-order valence-corrected chi connectivity index (χ0v) is 11.2. The summed E-state index contributed by atoms with van der Waals surface area (Å²) in [6.07, 6.45) is 5.79. The van der Waals surface area contributed by atoms with Gasteiger partial charge in [0.05, 0.1) is 19.9 Å². The summed E-state index contributed by atoms with van der Waals surface area (Å²) in [5.74, 6) is 2.11. The van der Waals surface area contributed by atoms with Crippen molar-refractivity contribution in [2.24, 2.45) is 0 Å². The van der Waals surface area contributed by atoms with Crippen LogP contribution in [0.1, 0.15) is 19.3 Å². The molecule has 2 rings (SSSR count). The Balaban J connectivity index is 2.00. The zero-order valence-electron chi connectivity index (χ0n) is 8.78. The van der Waals surface area contributed by atoms with Crippen molar-refractivity contribution < 1.29 is 4.74 Å². The summed E-state index contributed by atoms with van der Waals surface area (Å²) in [4.78, 5) is 0. The maximum Gasteiger partial charge on any atom is 0.171 e. The van der Waals surface area contributed by atoms with E-state index < -0.39 is 0 Å². The van der Waals surface area contributed by atoms with Crippen molar-refractivity contribution in [3.63, 3.8) is 0 Å². The third kappa shape index (κ3) is 2.69. The normalized spacial score (nSPS) is 21.6. The fourth-order valence-electron chi connectivity index (χ4n) is 1.76. The Hall–Kier alpha value is -0.160. The molecule has 5 heteroatoms. The van der Waals surface area contributed by atoms with Crippen molar-refractivity contribution in [1.29, 1.82) is 0 Å². The van der Waals surface area contributed by atoms with E-state index in [4.69, 9.17) is 4.74 Å². The molecule has 1 aromatic rings. The maximum atomic E-state index is 5.18. The molecule has 1 fully saturated rings. The molecule has 0 amide bonds. The standard InChI is InChI=1S/C10H15BrN2OS/c1-14-9-6-12-13(10(9)11)7-8-4-2-3-5-15-8/h6,8H,2-5,7H2,1H3. The van der Waals surface area contributed by atoms with Gasteiger partial charge in [0.15, 0.2) is 5.75 Å². The summed E-state index contributed by atoms with van der Waals surface area (Å²) in [7, 11) is 1.67. The van der Waals surface area contributed by atoms with E-state index >= 15 is 0 Å². The first-order chi connectivity index (χ1) is 7.31. The summed E-state index contributed by atoms with van der Waals surface area (Å²) < 4.78 is 8.12. The second kappa shape index (κ2) is 5.25. The van der Waals surface area contributed by atoms with E-state index in [1.807, 2.05) is 4.68 Å². The molecule has 0 aromatic carbocycles. The van der Waals surface area contributed by atoms with Crippen LogP contribution in [0.2, 0.25) is 0 Å². The number of thioether (sulfide) groups is 1. The summed E-state index contributed by atoms with van der Waals surface area (Å²) in [5.41, 5.74) is 0. The molecule has 1 unspecified atom stereocenters. The van der Waals surface area contributed by atoms with Gasteiger partial charge in [-0.1, -0.05) is 6.42 Å². The molecule has 84 valence electrons. The number of hydrogen-bond acceptors (Lipinski definition) is 3. The van der Waals surface area contributed by atoms with Gasteiger partial charge < -0.3 is 4.74 Å². The highest BCUT2D eigenvalue weighted by molar-refractivity contribution is 9.10. The zero-order chi connectivity index (χ0) is 10.7. The predicted molar refractivity (Wildman–Crippen MR) is 66.6 cm³/mol. The quantitative estimate of drug-likeness (QED) is 0.856. The lowest BCUT2D eigenvalue weighted by atomic mass is 10.2. The number of rotatable bonds is 3. The molecule has 1 saturated heterocycles. The second-order valence-corrected chi connectivity index (χ2v) is 5.83. The summed E-state index contributed by atoms with van der Waals surface area (Å²) >= 11 is 5.57. The van der Waals surface area contributed by atoms with E-state index in [-0.39, 0.29) is 0 Å². The maximum absolute atomic E-state index is 5.18. The molecule has 0 radical (unpaired) electrons. The molecule has 1 aliphatic heterocycles. The minimum Gasteiger partial charge on any atom is -0.492 e. The van der Waals surface area contributed by atoms with Crippen LogP contribution in [0.15, 0.2) is 10.8 Å². The first-order valence-corrected chi connectivity index (χ1v) is 7.02. The molecule has 0 bridgehead atoms. The van der Waals surface area contributed by atoms with Crippen molar-refractivity contribution in [2.45, 2.75) is 31.1 Å². The lowest BCUT2D eigenvalue weighted by Gasteiger charge is -2.21. The van der Waals surface area contributed by atoms with E-state index in [1.54, 1.807) is 13.3 Å². The molecular formula is C10H15BrN2OS. The number of methoxy groups -OCH3 is 1. The van der Waals surface area contributed by atoms with Crippen molar-refractivity contribution in [2.75, 3.05) is 12.9 Å². The molecule has 2 heterocycles. The summed E-state index contributed by atoms with van der Waals surface area (Å²) in [5, 5.41) is 5.02. The van der Waals surface area contributed by atoms with Gasteiger partial charge in [-0.2, -0.15) is 16.9 Å². The van der Waals surface area contributed by atoms with E-state index in [0.29, 0.717) is 5.25 Å². The molecular weight excluding hydrogens is 276 g/mol. The predicted octanol–water partition coefficient (Wildman–Crippen LogP) is 2.94. The summed E-state index contributed by atoms with van der Waals surface area (Å²) in [6.45, 7) is 0.981. The van der Waals surface area contributed by atoms with Crippen LogP contribution in [-0.2, 0) is 6.54 Å². The van der Waals surface area contributed by atoms with Gasteiger partial charge in [-0.05, 0) is 34.5 Å².